The third kappa shape index (κ3) is 17.0. The minimum absolute atomic E-state index is 0.0244. The SMILES string of the molecule is CCC[C@H](NC(=O)[C@@H](NC(=O)CCCC(=O)O)[C@@H](C)CC)C(=O)N[C@H](CN[C@@H](C)C(=O)N[C@H](C(=O)NCc1ccncc1)C(C)C)CC(C)C. The number of amides is 5. The van der Waals surface area contributed by atoms with Gasteiger partial charge in [-0.1, -0.05) is 61.3 Å². The van der Waals surface area contributed by atoms with Crippen LogP contribution in [-0.4, -0.2) is 82.3 Å². The molecule has 1 aromatic rings. The number of carbonyl (C=O) groups is 6. The molecule has 0 unspecified atom stereocenters. The van der Waals surface area contributed by atoms with Crippen molar-refractivity contribution in [3.05, 3.63) is 30.1 Å². The molecule has 5 amide bonds. The van der Waals surface area contributed by atoms with Crippen molar-refractivity contribution < 1.29 is 33.9 Å². The highest BCUT2D eigenvalue weighted by Crippen LogP contribution is 2.12. The fraction of sp³-hybridized carbons (Fsp3) is 0.694. The van der Waals surface area contributed by atoms with Gasteiger partial charge in [0.25, 0.3) is 0 Å². The first kappa shape index (κ1) is 44.0. The van der Waals surface area contributed by atoms with E-state index in [2.05, 4.69) is 36.9 Å². The molecule has 0 radical (unpaired) electrons. The lowest BCUT2D eigenvalue weighted by Gasteiger charge is -2.29. The Morgan fingerprint density at radius 1 is 0.780 bits per heavy atom. The number of carbonyl (C=O) groups excluding carboxylic acids is 5. The van der Waals surface area contributed by atoms with Gasteiger partial charge in [-0.2, -0.15) is 0 Å². The second kappa shape index (κ2) is 23.4. The molecule has 0 aromatic carbocycles. The van der Waals surface area contributed by atoms with Gasteiger partial charge < -0.3 is 37.0 Å². The molecule has 1 heterocycles. The van der Waals surface area contributed by atoms with E-state index in [1.807, 2.05) is 48.5 Å². The molecule has 0 fully saturated rings. The van der Waals surface area contributed by atoms with E-state index in [0.29, 0.717) is 32.2 Å². The molecule has 6 atom stereocenters. The van der Waals surface area contributed by atoms with Gasteiger partial charge in [-0.05, 0) is 61.6 Å². The zero-order valence-corrected chi connectivity index (χ0v) is 31.1. The van der Waals surface area contributed by atoms with E-state index in [4.69, 9.17) is 5.11 Å². The first-order chi connectivity index (χ1) is 23.6. The smallest absolute Gasteiger partial charge is 0.303 e. The molecule has 1 aromatic heterocycles. The lowest BCUT2D eigenvalue weighted by atomic mass is 9.97. The Morgan fingerprint density at radius 2 is 1.44 bits per heavy atom. The topological polar surface area (TPSA) is 208 Å². The summed E-state index contributed by atoms with van der Waals surface area (Å²) in [6, 6.07) is 0.0967. The predicted octanol–water partition coefficient (Wildman–Crippen LogP) is 2.42. The second-order valence-corrected chi connectivity index (χ2v) is 13.8. The number of hydrogen-bond donors (Lipinski definition) is 7. The summed E-state index contributed by atoms with van der Waals surface area (Å²) in [6.45, 7) is 15.7. The standard InChI is InChI=1S/C36H61N7O7/c1-9-12-28(41-36(50)32(24(7)10-2)42-29(44)13-11-14-30(45)46)34(48)40-27(19-22(3)4)21-38-25(8)33(47)43-31(23(5)6)35(49)39-20-26-15-17-37-18-16-26/h15-18,22-25,27-28,31-32,38H,9-14,19-21H2,1-8H3,(H,39,49)(H,40,48)(H,41,50)(H,42,44)(H,43,47)(H,45,46)/t24-,25-,27-,28-,31-,32-/m0/s1. The molecule has 0 saturated carbocycles. The molecular weight excluding hydrogens is 642 g/mol. The number of pyridine rings is 1. The van der Waals surface area contributed by atoms with E-state index < -0.39 is 42.0 Å². The van der Waals surface area contributed by atoms with Crippen molar-refractivity contribution in [3.63, 3.8) is 0 Å². The highest BCUT2D eigenvalue weighted by molar-refractivity contribution is 5.92. The Balaban J connectivity index is 2.88. The molecule has 14 nitrogen and oxygen atoms in total. The number of nitrogens with one attached hydrogen (secondary N) is 6. The van der Waals surface area contributed by atoms with Crippen LogP contribution < -0.4 is 31.9 Å². The first-order valence-electron chi connectivity index (χ1n) is 17.9. The van der Waals surface area contributed by atoms with Crippen LogP contribution in [0.2, 0.25) is 0 Å². The van der Waals surface area contributed by atoms with Gasteiger partial charge in [-0.15, -0.1) is 0 Å². The third-order valence-electron chi connectivity index (χ3n) is 8.45. The van der Waals surface area contributed by atoms with Gasteiger partial charge in [-0.25, -0.2) is 0 Å². The Morgan fingerprint density at radius 3 is 2.00 bits per heavy atom. The van der Waals surface area contributed by atoms with Crippen molar-refractivity contribution in [3.8, 4) is 0 Å². The van der Waals surface area contributed by atoms with E-state index in [1.54, 1.807) is 31.5 Å². The van der Waals surface area contributed by atoms with Gasteiger partial charge in [-0.3, -0.25) is 33.8 Å². The highest BCUT2D eigenvalue weighted by Gasteiger charge is 2.31. The summed E-state index contributed by atoms with van der Waals surface area (Å²) in [5, 5.41) is 26.4. The summed E-state index contributed by atoms with van der Waals surface area (Å²) in [7, 11) is 0. The zero-order valence-electron chi connectivity index (χ0n) is 31.1. The monoisotopic (exact) mass is 703 g/mol. The third-order valence-corrected chi connectivity index (χ3v) is 8.45. The number of aliphatic carboxylic acids is 1. The van der Waals surface area contributed by atoms with Crippen molar-refractivity contribution >= 4 is 35.5 Å². The number of nitrogens with zero attached hydrogens (tertiary/aromatic N) is 1. The number of carboxylic acid groups (broad SMARTS) is 1. The van der Waals surface area contributed by atoms with Crippen molar-refractivity contribution in [2.75, 3.05) is 6.54 Å². The van der Waals surface area contributed by atoms with Crippen molar-refractivity contribution in [2.45, 2.75) is 137 Å². The highest BCUT2D eigenvalue weighted by atomic mass is 16.4. The van der Waals surface area contributed by atoms with Gasteiger partial charge in [0.1, 0.15) is 18.1 Å². The summed E-state index contributed by atoms with van der Waals surface area (Å²) >= 11 is 0. The molecule has 0 spiro atoms. The summed E-state index contributed by atoms with van der Waals surface area (Å²) in [4.78, 5) is 80.4. The number of hydrogen-bond acceptors (Lipinski definition) is 8. The van der Waals surface area contributed by atoms with Crippen LogP contribution in [0.1, 0.15) is 106 Å². The van der Waals surface area contributed by atoms with Gasteiger partial charge in [0.15, 0.2) is 0 Å². The predicted molar refractivity (Wildman–Crippen MR) is 191 cm³/mol. The maximum absolute atomic E-state index is 13.6. The van der Waals surface area contributed by atoms with E-state index in [-0.39, 0.29) is 67.3 Å². The van der Waals surface area contributed by atoms with Gasteiger partial charge in [0.05, 0.1) is 6.04 Å². The van der Waals surface area contributed by atoms with Gasteiger partial charge >= 0.3 is 5.97 Å². The Labute approximate surface area is 297 Å². The summed E-state index contributed by atoms with van der Waals surface area (Å²) in [5.74, 6) is -3.08. The molecule has 14 heteroatoms. The van der Waals surface area contributed by atoms with Crippen LogP contribution in [0.3, 0.4) is 0 Å². The maximum Gasteiger partial charge on any atom is 0.303 e. The number of aromatic nitrogens is 1. The lowest BCUT2D eigenvalue weighted by Crippen LogP contribution is -2.58. The van der Waals surface area contributed by atoms with E-state index in [0.717, 1.165) is 5.56 Å². The van der Waals surface area contributed by atoms with Crippen LogP contribution in [0.4, 0.5) is 0 Å². The van der Waals surface area contributed by atoms with Crippen LogP contribution >= 0.6 is 0 Å². The number of carboxylic acids is 1. The van der Waals surface area contributed by atoms with Gasteiger partial charge in [0, 0.05) is 44.4 Å². The van der Waals surface area contributed by atoms with Crippen LogP contribution in [0.5, 0.6) is 0 Å². The Bertz CT molecular complexity index is 1230. The normalized spacial score (nSPS) is 14.8. The lowest BCUT2D eigenvalue weighted by molar-refractivity contribution is -0.137. The molecular formula is C36H61N7O7. The molecule has 282 valence electrons. The van der Waals surface area contributed by atoms with E-state index in [9.17, 15) is 28.8 Å². The molecule has 0 aliphatic rings. The van der Waals surface area contributed by atoms with Crippen molar-refractivity contribution in [1.29, 1.82) is 0 Å². The molecule has 0 saturated heterocycles. The molecule has 0 aliphatic heterocycles. The Kier molecular flexibility index (Phi) is 20.5. The summed E-state index contributed by atoms with van der Waals surface area (Å²) < 4.78 is 0. The molecule has 50 heavy (non-hydrogen) atoms. The van der Waals surface area contributed by atoms with Crippen LogP contribution in [0.15, 0.2) is 24.5 Å². The average Bonchev–Trinajstić information content (AvgIpc) is 3.06. The molecule has 0 aliphatic carbocycles. The summed E-state index contributed by atoms with van der Waals surface area (Å²) in [5.41, 5.74) is 0.892. The minimum atomic E-state index is -0.997. The Hall–Kier alpha value is -4.07. The van der Waals surface area contributed by atoms with Crippen LogP contribution in [-0.2, 0) is 35.3 Å². The quantitative estimate of drug-likeness (QED) is 0.0843. The van der Waals surface area contributed by atoms with Crippen molar-refractivity contribution in [1.82, 2.24) is 36.9 Å². The average molecular weight is 704 g/mol. The van der Waals surface area contributed by atoms with Crippen molar-refractivity contribution in [2.24, 2.45) is 17.8 Å². The minimum Gasteiger partial charge on any atom is -0.481 e. The maximum atomic E-state index is 13.6. The van der Waals surface area contributed by atoms with Gasteiger partial charge in [0.2, 0.25) is 29.5 Å². The number of rotatable bonds is 24. The van der Waals surface area contributed by atoms with E-state index >= 15 is 0 Å². The second-order valence-electron chi connectivity index (χ2n) is 13.8. The first-order valence-corrected chi connectivity index (χ1v) is 17.9. The van der Waals surface area contributed by atoms with Crippen LogP contribution in [0, 0.1) is 17.8 Å². The zero-order chi connectivity index (χ0) is 37.8. The van der Waals surface area contributed by atoms with Crippen LogP contribution in [0.25, 0.3) is 0 Å². The molecule has 1 rings (SSSR count). The largest absolute Gasteiger partial charge is 0.481 e. The fourth-order valence-electron chi connectivity index (χ4n) is 5.26. The molecule has 7 N–H and O–H groups in total. The summed E-state index contributed by atoms with van der Waals surface area (Å²) in [6.07, 6.45) is 5.47. The van der Waals surface area contributed by atoms with E-state index in [1.165, 1.54) is 0 Å². The molecule has 0 bridgehead atoms. The fourth-order valence-corrected chi connectivity index (χ4v) is 5.26.